The number of H-pyrrole nitrogens is 1. The van der Waals surface area contributed by atoms with E-state index < -0.39 is 0 Å². The summed E-state index contributed by atoms with van der Waals surface area (Å²) in [4.78, 5) is 17.7. The van der Waals surface area contributed by atoms with Gasteiger partial charge in [-0.05, 0) is 13.0 Å². The third-order valence-electron chi connectivity index (χ3n) is 3.74. The molecule has 1 aromatic carbocycles. The molecule has 1 saturated heterocycles. The zero-order valence-corrected chi connectivity index (χ0v) is 11.4. The number of amides is 1. The molecular formula is C15H18N2O3. The molecule has 1 aliphatic rings. The van der Waals surface area contributed by atoms with Gasteiger partial charge in [0.05, 0.1) is 24.9 Å². The molecule has 0 bridgehead atoms. The zero-order chi connectivity index (χ0) is 14.1. The lowest BCUT2D eigenvalue weighted by Gasteiger charge is -2.32. The average molecular weight is 274 g/mol. The summed E-state index contributed by atoms with van der Waals surface area (Å²) in [6.45, 7) is 3.33. The highest BCUT2D eigenvalue weighted by Crippen LogP contribution is 2.24. The van der Waals surface area contributed by atoms with Crippen molar-refractivity contribution in [1.29, 1.82) is 0 Å². The van der Waals surface area contributed by atoms with E-state index in [4.69, 9.17) is 4.74 Å². The van der Waals surface area contributed by atoms with Crippen LogP contribution in [-0.4, -0.2) is 53.3 Å². The number of aromatic amines is 1. The van der Waals surface area contributed by atoms with Crippen LogP contribution in [0.15, 0.2) is 24.3 Å². The number of ether oxygens (including phenoxy) is 1. The maximum absolute atomic E-state index is 12.7. The first kappa shape index (κ1) is 13.1. The molecule has 0 radical (unpaired) electrons. The Labute approximate surface area is 117 Å². The molecule has 20 heavy (non-hydrogen) atoms. The Balaban J connectivity index is 1.94. The molecule has 3 rings (SSSR count). The number of carbonyl (C=O) groups is 1. The first-order chi connectivity index (χ1) is 9.70. The summed E-state index contributed by atoms with van der Waals surface area (Å²) in [6.07, 6.45) is -0.279. The number of para-hydroxylation sites is 1. The number of benzene rings is 1. The van der Waals surface area contributed by atoms with E-state index in [2.05, 4.69) is 4.98 Å². The van der Waals surface area contributed by atoms with Gasteiger partial charge in [-0.25, -0.2) is 0 Å². The second-order valence-electron chi connectivity index (χ2n) is 5.10. The number of fused-ring (bicyclic) bond motifs is 1. The summed E-state index contributed by atoms with van der Waals surface area (Å²) >= 11 is 0. The van der Waals surface area contributed by atoms with Crippen molar-refractivity contribution in [2.24, 2.45) is 0 Å². The highest BCUT2D eigenvalue weighted by molar-refractivity contribution is 6.08. The Morgan fingerprint density at radius 1 is 1.50 bits per heavy atom. The number of carbonyl (C=O) groups excluding carboxylic acids is 1. The predicted octanol–water partition coefficient (Wildman–Crippen LogP) is 1.31. The second-order valence-corrected chi connectivity index (χ2v) is 5.10. The lowest BCUT2D eigenvalue weighted by molar-refractivity contribution is -0.0447. The molecule has 0 saturated carbocycles. The van der Waals surface area contributed by atoms with Crippen LogP contribution >= 0.6 is 0 Å². The molecule has 1 amide bonds. The molecule has 1 aromatic heterocycles. The summed E-state index contributed by atoms with van der Waals surface area (Å²) in [5.74, 6) is 0.00157. The Hall–Kier alpha value is -1.85. The van der Waals surface area contributed by atoms with Crippen molar-refractivity contribution < 1.29 is 14.6 Å². The molecule has 1 unspecified atom stereocenters. The van der Waals surface area contributed by atoms with Gasteiger partial charge in [0.25, 0.3) is 5.91 Å². The number of rotatable bonds is 2. The van der Waals surface area contributed by atoms with Crippen LogP contribution in [-0.2, 0) is 4.74 Å². The molecule has 2 heterocycles. The summed E-state index contributed by atoms with van der Waals surface area (Å²) in [7, 11) is 0. The SMILES string of the molecule is Cc1[nH]c2ccccc2c1C(=O)N1CCOC(CO)C1. The van der Waals surface area contributed by atoms with Gasteiger partial charge < -0.3 is 19.7 Å². The van der Waals surface area contributed by atoms with Gasteiger partial charge in [-0.1, -0.05) is 18.2 Å². The van der Waals surface area contributed by atoms with Gasteiger partial charge in [-0.3, -0.25) is 4.79 Å². The van der Waals surface area contributed by atoms with Crippen molar-refractivity contribution in [2.45, 2.75) is 13.0 Å². The summed E-state index contributed by atoms with van der Waals surface area (Å²) in [5.41, 5.74) is 2.57. The van der Waals surface area contributed by atoms with Crippen LogP contribution in [0.3, 0.4) is 0 Å². The number of morpholine rings is 1. The molecule has 1 fully saturated rings. The van der Waals surface area contributed by atoms with Gasteiger partial charge in [0, 0.05) is 29.7 Å². The maximum atomic E-state index is 12.7. The fourth-order valence-electron chi connectivity index (χ4n) is 2.72. The predicted molar refractivity (Wildman–Crippen MR) is 75.8 cm³/mol. The fraction of sp³-hybridized carbons (Fsp3) is 0.400. The van der Waals surface area contributed by atoms with Gasteiger partial charge >= 0.3 is 0 Å². The summed E-state index contributed by atoms with van der Waals surface area (Å²) in [6, 6.07) is 7.80. The molecule has 2 aromatic rings. The maximum Gasteiger partial charge on any atom is 0.256 e. The highest BCUT2D eigenvalue weighted by Gasteiger charge is 2.27. The summed E-state index contributed by atoms with van der Waals surface area (Å²) in [5, 5.41) is 10.1. The minimum atomic E-state index is -0.279. The van der Waals surface area contributed by atoms with Crippen molar-refractivity contribution in [3.8, 4) is 0 Å². The second kappa shape index (κ2) is 5.26. The molecule has 5 nitrogen and oxygen atoms in total. The van der Waals surface area contributed by atoms with Crippen LogP contribution < -0.4 is 0 Å². The quantitative estimate of drug-likeness (QED) is 0.867. The van der Waals surface area contributed by atoms with E-state index in [1.54, 1.807) is 4.90 Å². The summed E-state index contributed by atoms with van der Waals surface area (Å²) < 4.78 is 5.39. The number of aliphatic hydroxyl groups is 1. The van der Waals surface area contributed by atoms with Crippen LogP contribution in [0.1, 0.15) is 16.1 Å². The number of aryl methyl sites for hydroxylation is 1. The smallest absolute Gasteiger partial charge is 0.256 e. The Bertz CT molecular complexity index is 635. The first-order valence-corrected chi connectivity index (χ1v) is 6.79. The van der Waals surface area contributed by atoms with Crippen LogP contribution in [0.2, 0.25) is 0 Å². The van der Waals surface area contributed by atoms with Crippen LogP contribution in [0.5, 0.6) is 0 Å². The number of nitrogens with one attached hydrogen (secondary N) is 1. The van der Waals surface area contributed by atoms with E-state index in [1.807, 2.05) is 31.2 Å². The van der Waals surface area contributed by atoms with Crippen molar-refractivity contribution in [1.82, 2.24) is 9.88 Å². The lowest BCUT2D eigenvalue weighted by Crippen LogP contribution is -2.47. The van der Waals surface area contributed by atoms with Gasteiger partial charge in [0.2, 0.25) is 0 Å². The van der Waals surface area contributed by atoms with Gasteiger partial charge in [0.15, 0.2) is 0 Å². The molecule has 0 aliphatic carbocycles. The molecule has 1 aliphatic heterocycles. The van der Waals surface area contributed by atoms with E-state index in [-0.39, 0.29) is 18.6 Å². The fourth-order valence-corrected chi connectivity index (χ4v) is 2.72. The number of hydrogen-bond acceptors (Lipinski definition) is 3. The molecule has 0 spiro atoms. The third kappa shape index (κ3) is 2.19. The standard InChI is InChI=1S/C15H18N2O3/c1-10-14(12-4-2-3-5-13(12)16-10)15(19)17-6-7-20-11(8-17)9-18/h2-5,11,16,18H,6-9H2,1H3. The van der Waals surface area contributed by atoms with Crippen LogP contribution in [0.4, 0.5) is 0 Å². The van der Waals surface area contributed by atoms with Gasteiger partial charge in [-0.15, -0.1) is 0 Å². The molecule has 1 atom stereocenters. The Morgan fingerprint density at radius 3 is 3.10 bits per heavy atom. The van der Waals surface area contributed by atoms with E-state index >= 15 is 0 Å². The lowest BCUT2D eigenvalue weighted by atomic mass is 10.1. The first-order valence-electron chi connectivity index (χ1n) is 6.79. The molecule has 2 N–H and O–H groups in total. The van der Waals surface area contributed by atoms with Gasteiger partial charge in [0.1, 0.15) is 0 Å². The van der Waals surface area contributed by atoms with Crippen molar-refractivity contribution in [3.63, 3.8) is 0 Å². The Kier molecular flexibility index (Phi) is 3.46. The third-order valence-corrected chi connectivity index (χ3v) is 3.74. The van der Waals surface area contributed by atoms with E-state index in [0.717, 1.165) is 22.2 Å². The average Bonchev–Trinajstić information content (AvgIpc) is 2.82. The monoisotopic (exact) mass is 274 g/mol. The zero-order valence-electron chi connectivity index (χ0n) is 11.4. The Morgan fingerprint density at radius 2 is 2.30 bits per heavy atom. The van der Waals surface area contributed by atoms with Crippen LogP contribution in [0.25, 0.3) is 10.9 Å². The topological polar surface area (TPSA) is 65.6 Å². The van der Waals surface area contributed by atoms with E-state index in [0.29, 0.717) is 19.7 Å². The largest absolute Gasteiger partial charge is 0.394 e. The molecule has 106 valence electrons. The van der Waals surface area contributed by atoms with E-state index in [1.165, 1.54) is 0 Å². The van der Waals surface area contributed by atoms with Crippen molar-refractivity contribution in [2.75, 3.05) is 26.3 Å². The van der Waals surface area contributed by atoms with Crippen LogP contribution in [0, 0.1) is 6.92 Å². The number of nitrogens with zero attached hydrogens (tertiary/aromatic N) is 1. The number of aliphatic hydroxyl groups excluding tert-OH is 1. The van der Waals surface area contributed by atoms with Gasteiger partial charge in [-0.2, -0.15) is 0 Å². The minimum absolute atomic E-state index is 0.00157. The number of hydrogen-bond donors (Lipinski definition) is 2. The van der Waals surface area contributed by atoms with Crippen molar-refractivity contribution >= 4 is 16.8 Å². The van der Waals surface area contributed by atoms with E-state index in [9.17, 15) is 9.90 Å². The van der Waals surface area contributed by atoms with Crippen molar-refractivity contribution in [3.05, 3.63) is 35.5 Å². The molecular weight excluding hydrogens is 256 g/mol. The highest BCUT2D eigenvalue weighted by atomic mass is 16.5. The minimum Gasteiger partial charge on any atom is -0.394 e. The molecule has 5 heteroatoms. The normalized spacial score (nSPS) is 19.5. The number of aromatic nitrogens is 1.